The Balaban J connectivity index is 0.994. The van der Waals surface area contributed by atoms with Crippen molar-refractivity contribution in [2.45, 2.75) is 5.41 Å². The molecule has 304 valence electrons. The Kier molecular flexibility index (Phi) is 8.69. The number of benzene rings is 11. The van der Waals surface area contributed by atoms with Gasteiger partial charge in [0.25, 0.3) is 0 Å². The highest BCUT2D eigenvalue weighted by molar-refractivity contribution is 7.26. The fourth-order valence-electron chi connectivity index (χ4n) is 10.8. The van der Waals surface area contributed by atoms with E-state index in [4.69, 9.17) is 0 Å². The first-order valence-electron chi connectivity index (χ1n) is 22.4. The molecule has 1 aliphatic rings. The first-order valence-corrected chi connectivity index (χ1v) is 23.2. The number of fused-ring (bicyclic) bond motifs is 8. The highest BCUT2D eigenvalue weighted by Gasteiger charge is 2.46. The minimum Gasteiger partial charge on any atom is -0.309 e. The molecule has 0 radical (unpaired) electrons. The monoisotopic (exact) mass is 843 g/mol. The van der Waals surface area contributed by atoms with Crippen LogP contribution in [0.4, 0.5) is 17.1 Å². The quantitative estimate of drug-likeness (QED) is 0.154. The molecule has 0 fully saturated rings. The lowest BCUT2D eigenvalue weighted by molar-refractivity contribution is 0.768. The zero-order valence-electron chi connectivity index (χ0n) is 35.5. The minimum absolute atomic E-state index is 0.509. The largest absolute Gasteiger partial charge is 0.309 e. The molecule has 1 nitrogen and oxygen atoms in total. The van der Waals surface area contributed by atoms with E-state index in [1.165, 1.54) is 103 Å². The summed E-state index contributed by atoms with van der Waals surface area (Å²) in [4.78, 5) is 2.49. The maximum Gasteiger partial charge on any atom is 0.0714 e. The molecule has 0 saturated carbocycles. The van der Waals surface area contributed by atoms with Crippen molar-refractivity contribution in [3.63, 3.8) is 0 Å². The predicted molar refractivity (Wildman–Crippen MR) is 277 cm³/mol. The Morgan fingerprint density at radius 3 is 1.75 bits per heavy atom. The van der Waals surface area contributed by atoms with E-state index >= 15 is 0 Å². The van der Waals surface area contributed by atoms with Gasteiger partial charge in [0, 0.05) is 26.8 Å². The third-order valence-electron chi connectivity index (χ3n) is 13.7. The topological polar surface area (TPSA) is 3.24 Å². The molecule has 0 bridgehead atoms. The van der Waals surface area contributed by atoms with Gasteiger partial charge < -0.3 is 4.90 Å². The Labute approximate surface area is 382 Å². The number of anilines is 3. The molecule has 0 N–H and O–H groups in total. The van der Waals surface area contributed by atoms with Crippen molar-refractivity contribution in [1.82, 2.24) is 0 Å². The van der Waals surface area contributed by atoms with Crippen LogP contribution in [-0.4, -0.2) is 0 Å². The molecule has 1 aliphatic carbocycles. The lowest BCUT2D eigenvalue weighted by Gasteiger charge is -2.35. The van der Waals surface area contributed by atoms with Gasteiger partial charge in [-0.3, -0.25) is 0 Å². The van der Waals surface area contributed by atoms with Crippen molar-refractivity contribution >= 4 is 70.1 Å². The molecule has 0 saturated heterocycles. The molecule has 13 rings (SSSR count). The van der Waals surface area contributed by atoms with E-state index in [1.807, 2.05) is 11.3 Å². The van der Waals surface area contributed by atoms with Gasteiger partial charge in [-0.2, -0.15) is 0 Å². The first-order chi connectivity index (χ1) is 32.2. The average molecular weight is 844 g/mol. The van der Waals surface area contributed by atoms with Crippen LogP contribution in [0.15, 0.2) is 249 Å². The number of thiophene rings is 1. The smallest absolute Gasteiger partial charge is 0.0714 e. The number of hydrogen-bond acceptors (Lipinski definition) is 2. The lowest BCUT2D eigenvalue weighted by Crippen LogP contribution is -2.28. The van der Waals surface area contributed by atoms with E-state index in [2.05, 4.69) is 254 Å². The van der Waals surface area contributed by atoms with E-state index in [1.54, 1.807) is 0 Å². The summed E-state index contributed by atoms with van der Waals surface area (Å²) in [5.74, 6) is 0. The van der Waals surface area contributed by atoms with Gasteiger partial charge in [0.2, 0.25) is 0 Å². The van der Waals surface area contributed by atoms with Crippen molar-refractivity contribution in [2.75, 3.05) is 4.90 Å². The Morgan fingerprint density at radius 1 is 0.323 bits per heavy atom. The zero-order chi connectivity index (χ0) is 42.9. The van der Waals surface area contributed by atoms with Crippen LogP contribution in [0.5, 0.6) is 0 Å². The summed E-state index contributed by atoms with van der Waals surface area (Å²) in [6.45, 7) is 0. The summed E-state index contributed by atoms with van der Waals surface area (Å²) >= 11 is 1.87. The number of nitrogens with zero attached hydrogens (tertiary/aromatic N) is 1. The van der Waals surface area contributed by atoms with Crippen molar-refractivity contribution < 1.29 is 0 Å². The lowest BCUT2D eigenvalue weighted by atomic mass is 9.67. The molecule has 65 heavy (non-hydrogen) atoms. The standard InChI is InChI=1S/C63H41NS/c1-3-18-48(19-4-1)63(49-20-5-2-6-21-49)58-26-11-9-22-53(58)54-38-37-51(41-59(54)63)64(60-27-14-25-56-55-23-10-12-28-61(55)65-62(56)60)50-35-33-43(34-36-50)46-31-30-44-17-13-24-52(57(44)40-46)47-32-29-42-15-7-8-16-45(42)39-47/h1-41H. The molecular weight excluding hydrogens is 803 g/mol. The second kappa shape index (κ2) is 15.1. The Bertz CT molecular complexity index is 3730. The van der Waals surface area contributed by atoms with Crippen LogP contribution in [0, 0.1) is 0 Å². The zero-order valence-corrected chi connectivity index (χ0v) is 36.3. The van der Waals surface area contributed by atoms with Gasteiger partial charge in [-0.05, 0) is 126 Å². The summed E-state index contributed by atoms with van der Waals surface area (Å²) in [5, 5.41) is 7.57. The fraction of sp³-hybridized carbons (Fsp3) is 0.0159. The van der Waals surface area contributed by atoms with Gasteiger partial charge in [-0.25, -0.2) is 0 Å². The van der Waals surface area contributed by atoms with Crippen molar-refractivity contribution in [3.05, 3.63) is 271 Å². The van der Waals surface area contributed by atoms with Crippen LogP contribution in [0.3, 0.4) is 0 Å². The third-order valence-corrected chi connectivity index (χ3v) is 14.9. The molecule has 1 heterocycles. The van der Waals surface area contributed by atoms with Gasteiger partial charge in [-0.15, -0.1) is 11.3 Å². The number of rotatable bonds is 7. The molecule has 0 atom stereocenters. The predicted octanol–water partition coefficient (Wildman–Crippen LogP) is 17.5. The van der Waals surface area contributed by atoms with E-state index in [0.29, 0.717) is 0 Å². The molecule has 11 aromatic carbocycles. The molecule has 2 heteroatoms. The van der Waals surface area contributed by atoms with Crippen LogP contribution in [0.25, 0.3) is 75.1 Å². The fourth-order valence-corrected chi connectivity index (χ4v) is 12.0. The molecule has 0 aliphatic heterocycles. The van der Waals surface area contributed by atoms with E-state index in [9.17, 15) is 0 Å². The van der Waals surface area contributed by atoms with Crippen LogP contribution in [0.1, 0.15) is 22.3 Å². The minimum atomic E-state index is -0.509. The average Bonchev–Trinajstić information content (AvgIpc) is 3.91. The molecule has 0 spiro atoms. The van der Waals surface area contributed by atoms with Crippen LogP contribution in [0.2, 0.25) is 0 Å². The summed E-state index contributed by atoms with van der Waals surface area (Å²) < 4.78 is 2.57. The second-order valence-electron chi connectivity index (χ2n) is 17.2. The summed E-state index contributed by atoms with van der Waals surface area (Å²) in [6.07, 6.45) is 0. The second-order valence-corrected chi connectivity index (χ2v) is 18.2. The van der Waals surface area contributed by atoms with Gasteiger partial charge in [-0.1, -0.05) is 200 Å². The van der Waals surface area contributed by atoms with Crippen molar-refractivity contribution in [3.8, 4) is 33.4 Å². The summed E-state index contributed by atoms with van der Waals surface area (Å²) in [7, 11) is 0. The van der Waals surface area contributed by atoms with Gasteiger partial charge >= 0.3 is 0 Å². The molecule has 0 amide bonds. The molecule has 0 unspecified atom stereocenters. The van der Waals surface area contributed by atoms with Gasteiger partial charge in [0.15, 0.2) is 0 Å². The Morgan fingerprint density at radius 2 is 0.923 bits per heavy atom. The van der Waals surface area contributed by atoms with Crippen molar-refractivity contribution in [2.24, 2.45) is 0 Å². The van der Waals surface area contributed by atoms with Crippen molar-refractivity contribution in [1.29, 1.82) is 0 Å². The van der Waals surface area contributed by atoms with Crippen LogP contribution < -0.4 is 4.90 Å². The van der Waals surface area contributed by atoms with E-state index in [-0.39, 0.29) is 0 Å². The third kappa shape index (κ3) is 5.92. The maximum atomic E-state index is 2.49. The maximum absolute atomic E-state index is 2.49. The normalized spacial score (nSPS) is 12.7. The molecular formula is C63H41NS. The van der Waals surface area contributed by atoms with E-state index in [0.717, 1.165) is 11.4 Å². The van der Waals surface area contributed by atoms with E-state index < -0.39 is 5.41 Å². The number of hydrogen-bond donors (Lipinski definition) is 0. The summed E-state index contributed by atoms with van der Waals surface area (Å²) in [5.41, 5.74) is 15.4. The highest BCUT2D eigenvalue weighted by atomic mass is 32.1. The Hall–Kier alpha value is -8.04. The SMILES string of the molecule is c1ccc(C2(c3ccccc3)c3ccccc3-c3ccc(N(c4ccc(-c5ccc6cccc(-c7ccc8ccccc8c7)c6c5)cc4)c4cccc5c4sc4ccccc45)cc32)cc1. The highest BCUT2D eigenvalue weighted by Crippen LogP contribution is 2.57. The van der Waals surface area contributed by atoms with Crippen LogP contribution >= 0.6 is 11.3 Å². The molecule has 12 aromatic rings. The van der Waals surface area contributed by atoms with Gasteiger partial charge in [0.05, 0.1) is 15.8 Å². The van der Waals surface area contributed by atoms with Crippen LogP contribution in [-0.2, 0) is 5.41 Å². The molecule has 1 aromatic heterocycles. The first kappa shape index (κ1) is 37.5. The van der Waals surface area contributed by atoms with Gasteiger partial charge in [0.1, 0.15) is 0 Å². The summed E-state index contributed by atoms with van der Waals surface area (Å²) in [6, 6.07) is 92.2.